The molecular weight excluding hydrogens is 384 g/mol. The number of anilines is 1. The molecule has 0 aliphatic carbocycles. The van der Waals surface area contributed by atoms with Crippen LogP contribution in [0.2, 0.25) is 5.02 Å². The van der Waals surface area contributed by atoms with E-state index in [0.29, 0.717) is 16.3 Å². The second-order valence-electron chi connectivity index (χ2n) is 4.83. The molecule has 0 aliphatic rings. The highest BCUT2D eigenvalue weighted by atomic mass is 79.9. The molecule has 0 saturated carbocycles. The highest BCUT2D eigenvalue weighted by molar-refractivity contribution is 9.10. The fourth-order valence-corrected chi connectivity index (χ4v) is 2.73. The van der Waals surface area contributed by atoms with E-state index in [4.69, 9.17) is 23.8 Å². The summed E-state index contributed by atoms with van der Waals surface area (Å²) in [5.74, 6) is -0.256. The Balaban J connectivity index is 2.05. The molecule has 2 N–H and O–H groups in total. The van der Waals surface area contributed by atoms with E-state index in [9.17, 15) is 4.79 Å². The van der Waals surface area contributed by atoms with Gasteiger partial charge in [-0.15, -0.1) is 0 Å². The molecule has 0 aliphatic heterocycles. The third kappa shape index (κ3) is 4.29. The standard InChI is InChI=1S/C16H14BrClN2OS/c1-9-3-4-11(7-10(9)2)15(21)20-16(22)19-14-6-5-12(17)8-13(14)18/h3-8H,1-2H3,(H2,19,20,21,22). The lowest BCUT2D eigenvalue weighted by Crippen LogP contribution is -2.34. The van der Waals surface area contributed by atoms with E-state index in [0.717, 1.165) is 15.6 Å². The van der Waals surface area contributed by atoms with E-state index in [1.165, 1.54) is 0 Å². The SMILES string of the molecule is Cc1ccc(C(=O)NC(=S)Nc2ccc(Br)cc2Cl)cc1C. The minimum Gasteiger partial charge on any atom is -0.331 e. The molecule has 2 rings (SSSR count). The van der Waals surface area contributed by atoms with E-state index in [1.54, 1.807) is 18.2 Å². The molecule has 0 radical (unpaired) electrons. The van der Waals surface area contributed by atoms with Gasteiger partial charge in [0.1, 0.15) is 0 Å². The maximum Gasteiger partial charge on any atom is 0.257 e. The summed E-state index contributed by atoms with van der Waals surface area (Å²) in [7, 11) is 0. The molecule has 2 aromatic carbocycles. The Morgan fingerprint density at radius 2 is 1.86 bits per heavy atom. The maximum absolute atomic E-state index is 12.2. The molecule has 0 heterocycles. The number of amides is 1. The predicted molar refractivity (Wildman–Crippen MR) is 98.8 cm³/mol. The van der Waals surface area contributed by atoms with Crippen molar-refractivity contribution in [1.29, 1.82) is 0 Å². The lowest BCUT2D eigenvalue weighted by Gasteiger charge is -2.11. The molecule has 1 amide bonds. The Hall–Kier alpha value is -1.43. The van der Waals surface area contributed by atoms with Gasteiger partial charge in [0.2, 0.25) is 0 Å². The summed E-state index contributed by atoms with van der Waals surface area (Å²) in [6.07, 6.45) is 0. The van der Waals surface area contributed by atoms with Crippen molar-refractivity contribution >= 4 is 56.5 Å². The van der Waals surface area contributed by atoms with Gasteiger partial charge in [0, 0.05) is 10.0 Å². The lowest BCUT2D eigenvalue weighted by molar-refractivity contribution is 0.0977. The highest BCUT2D eigenvalue weighted by Gasteiger charge is 2.10. The van der Waals surface area contributed by atoms with Gasteiger partial charge in [0.05, 0.1) is 10.7 Å². The van der Waals surface area contributed by atoms with Gasteiger partial charge < -0.3 is 5.32 Å². The number of hydrogen-bond acceptors (Lipinski definition) is 2. The highest BCUT2D eigenvalue weighted by Crippen LogP contribution is 2.25. The fourth-order valence-electron chi connectivity index (χ4n) is 1.80. The molecular formula is C16H14BrClN2OS. The fraction of sp³-hybridized carbons (Fsp3) is 0.125. The first-order valence-corrected chi connectivity index (χ1v) is 8.09. The Labute approximate surface area is 148 Å². The number of carbonyl (C=O) groups excluding carboxylic acids is 1. The summed E-state index contributed by atoms with van der Waals surface area (Å²) < 4.78 is 0.869. The summed E-state index contributed by atoms with van der Waals surface area (Å²) in [6, 6.07) is 10.9. The predicted octanol–water partition coefficient (Wildman–Crippen LogP) is 4.85. The van der Waals surface area contributed by atoms with Crippen LogP contribution in [0.1, 0.15) is 21.5 Å². The van der Waals surface area contributed by atoms with Crippen LogP contribution in [-0.2, 0) is 0 Å². The normalized spacial score (nSPS) is 10.2. The van der Waals surface area contributed by atoms with E-state index in [2.05, 4.69) is 26.6 Å². The third-order valence-corrected chi connectivity index (χ3v) is 4.19. The van der Waals surface area contributed by atoms with Gasteiger partial charge in [-0.05, 0) is 67.5 Å². The molecule has 0 aromatic heterocycles. The molecule has 3 nitrogen and oxygen atoms in total. The zero-order valence-electron chi connectivity index (χ0n) is 12.0. The first-order chi connectivity index (χ1) is 10.4. The van der Waals surface area contributed by atoms with Crippen molar-refractivity contribution in [2.45, 2.75) is 13.8 Å². The molecule has 114 valence electrons. The van der Waals surface area contributed by atoms with Crippen molar-refractivity contribution in [2.75, 3.05) is 5.32 Å². The quantitative estimate of drug-likeness (QED) is 0.712. The summed E-state index contributed by atoms with van der Waals surface area (Å²) in [4.78, 5) is 12.2. The summed E-state index contributed by atoms with van der Waals surface area (Å²) in [6.45, 7) is 3.96. The smallest absolute Gasteiger partial charge is 0.257 e. The number of hydrogen-bond donors (Lipinski definition) is 2. The van der Waals surface area contributed by atoms with Crippen LogP contribution in [0.25, 0.3) is 0 Å². The van der Waals surface area contributed by atoms with Crippen molar-refractivity contribution in [2.24, 2.45) is 0 Å². The number of carbonyl (C=O) groups is 1. The van der Waals surface area contributed by atoms with Gasteiger partial charge in [-0.25, -0.2) is 0 Å². The first-order valence-electron chi connectivity index (χ1n) is 6.51. The van der Waals surface area contributed by atoms with Crippen molar-refractivity contribution in [3.8, 4) is 0 Å². The van der Waals surface area contributed by atoms with Gasteiger partial charge in [-0.2, -0.15) is 0 Å². The second kappa shape index (κ2) is 7.22. The molecule has 0 bridgehead atoms. The Kier molecular flexibility index (Phi) is 5.56. The maximum atomic E-state index is 12.2. The van der Waals surface area contributed by atoms with Crippen LogP contribution in [0, 0.1) is 13.8 Å². The summed E-state index contributed by atoms with van der Waals surface area (Å²) in [5.41, 5.74) is 3.39. The van der Waals surface area contributed by atoms with Crippen molar-refractivity contribution in [1.82, 2.24) is 5.32 Å². The zero-order valence-corrected chi connectivity index (χ0v) is 15.2. The van der Waals surface area contributed by atoms with Gasteiger partial charge in [0.15, 0.2) is 5.11 Å². The molecule has 0 atom stereocenters. The van der Waals surface area contributed by atoms with Crippen LogP contribution < -0.4 is 10.6 Å². The lowest BCUT2D eigenvalue weighted by atomic mass is 10.1. The topological polar surface area (TPSA) is 41.1 Å². The van der Waals surface area contributed by atoms with E-state index >= 15 is 0 Å². The van der Waals surface area contributed by atoms with Crippen molar-refractivity contribution < 1.29 is 4.79 Å². The number of nitrogens with one attached hydrogen (secondary N) is 2. The van der Waals surface area contributed by atoms with Crippen LogP contribution in [0.15, 0.2) is 40.9 Å². The van der Waals surface area contributed by atoms with Crippen molar-refractivity contribution in [3.05, 3.63) is 62.6 Å². The van der Waals surface area contributed by atoms with Crippen LogP contribution in [0.3, 0.4) is 0 Å². The molecule has 0 fully saturated rings. The van der Waals surface area contributed by atoms with Gasteiger partial charge in [0.25, 0.3) is 5.91 Å². The van der Waals surface area contributed by atoms with Gasteiger partial charge in [-0.3, -0.25) is 10.1 Å². The molecule has 6 heteroatoms. The van der Waals surface area contributed by atoms with Crippen LogP contribution in [-0.4, -0.2) is 11.0 Å². The minimum absolute atomic E-state index is 0.201. The summed E-state index contributed by atoms with van der Waals surface area (Å²) >= 11 is 14.6. The Morgan fingerprint density at radius 3 is 2.50 bits per heavy atom. The minimum atomic E-state index is -0.256. The van der Waals surface area contributed by atoms with E-state index in [1.807, 2.05) is 32.0 Å². The average molecular weight is 398 g/mol. The second-order valence-corrected chi connectivity index (χ2v) is 6.56. The van der Waals surface area contributed by atoms with Crippen LogP contribution >= 0.6 is 39.7 Å². The monoisotopic (exact) mass is 396 g/mol. The summed E-state index contributed by atoms with van der Waals surface area (Å²) in [5, 5.41) is 6.27. The number of benzene rings is 2. The average Bonchev–Trinajstić information content (AvgIpc) is 2.45. The van der Waals surface area contributed by atoms with Crippen molar-refractivity contribution in [3.63, 3.8) is 0 Å². The van der Waals surface area contributed by atoms with E-state index < -0.39 is 0 Å². The molecule has 0 spiro atoms. The molecule has 2 aromatic rings. The zero-order chi connectivity index (χ0) is 16.3. The number of halogens is 2. The van der Waals surface area contributed by atoms with Gasteiger partial charge in [-0.1, -0.05) is 33.6 Å². The largest absolute Gasteiger partial charge is 0.331 e. The van der Waals surface area contributed by atoms with Crippen LogP contribution in [0.4, 0.5) is 5.69 Å². The Morgan fingerprint density at radius 1 is 1.14 bits per heavy atom. The Bertz CT molecular complexity index is 749. The van der Waals surface area contributed by atoms with Gasteiger partial charge >= 0.3 is 0 Å². The molecule has 22 heavy (non-hydrogen) atoms. The first kappa shape index (κ1) is 16.9. The van der Waals surface area contributed by atoms with Crippen LogP contribution in [0.5, 0.6) is 0 Å². The third-order valence-electron chi connectivity index (χ3n) is 3.18. The van der Waals surface area contributed by atoms with E-state index in [-0.39, 0.29) is 11.0 Å². The number of aryl methyl sites for hydroxylation is 2. The molecule has 0 saturated heterocycles. The number of rotatable bonds is 2. The molecule has 0 unspecified atom stereocenters. The number of thiocarbonyl (C=S) groups is 1.